The molecule has 116 valence electrons. The van der Waals surface area contributed by atoms with Crippen LogP contribution in [-0.4, -0.2) is 35.6 Å². The minimum Gasteiger partial charge on any atom is -0.481 e. The fourth-order valence-electron chi connectivity index (χ4n) is 1.89. The van der Waals surface area contributed by atoms with Gasteiger partial charge in [-0.25, -0.2) is 9.18 Å². The quantitative estimate of drug-likeness (QED) is 0.846. The Morgan fingerprint density at radius 3 is 2.48 bits per heavy atom. The Morgan fingerprint density at radius 2 is 1.95 bits per heavy atom. The van der Waals surface area contributed by atoms with Gasteiger partial charge < -0.3 is 15.3 Å². The molecule has 0 saturated carbocycles. The summed E-state index contributed by atoms with van der Waals surface area (Å²) in [6.45, 7) is 3.74. The Hall–Kier alpha value is -2.11. The van der Waals surface area contributed by atoms with E-state index in [-0.39, 0.29) is 24.8 Å². The van der Waals surface area contributed by atoms with Gasteiger partial charge in [0.15, 0.2) is 0 Å². The zero-order valence-electron chi connectivity index (χ0n) is 12.5. The molecular weight excluding hydrogens is 275 g/mol. The van der Waals surface area contributed by atoms with Gasteiger partial charge in [0.25, 0.3) is 0 Å². The predicted molar refractivity (Wildman–Crippen MR) is 77.2 cm³/mol. The van der Waals surface area contributed by atoms with Gasteiger partial charge in [-0.15, -0.1) is 0 Å². The molecule has 21 heavy (non-hydrogen) atoms. The largest absolute Gasteiger partial charge is 0.481 e. The molecule has 0 fully saturated rings. The van der Waals surface area contributed by atoms with Crippen LogP contribution < -0.4 is 5.32 Å². The number of aliphatic carboxylic acids is 1. The van der Waals surface area contributed by atoms with E-state index < -0.39 is 17.9 Å². The number of rotatable bonds is 6. The topological polar surface area (TPSA) is 69.6 Å². The highest BCUT2D eigenvalue weighted by atomic mass is 19.1. The average Bonchev–Trinajstić information content (AvgIpc) is 2.40. The zero-order chi connectivity index (χ0) is 16.0. The van der Waals surface area contributed by atoms with E-state index in [1.165, 1.54) is 18.0 Å². The number of carbonyl (C=O) groups is 2. The van der Waals surface area contributed by atoms with E-state index >= 15 is 0 Å². The molecule has 2 N–H and O–H groups in total. The lowest BCUT2D eigenvalue weighted by atomic mass is 9.96. The number of carboxylic acids is 1. The van der Waals surface area contributed by atoms with Crippen LogP contribution in [-0.2, 0) is 11.3 Å². The zero-order valence-corrected chi connectivity index (χ0v) is 12.5. The summed E-state index contributed by atoms with van der Waals surface area (Å²) >= 11 is 0. The molecule has 0 spiro atoms. The van der Waals surface area contributed by atoms with Gasteiger partial charge in [-0.1, -0.05) is 32.0 Å². The standard InChI is InChI=1S/C15H21FN2O3/c1-10(2)12(14(19)20)8-17-15(21)18(3)9-11-6-4-5-7-13(11)16/h4-7,10,12H,8-9H2,1-3H3,(H,17,21)(H,19,20). The van der Waals surface area contributed by atoms with Crippen LogP contribution in [0.2, 0.25) is 0 Å². The van der Waals surface area contributed by atoms with Crippen LogP contribution in [0.1, 0.15) is 19.4 Å². The first-order valence-electron chi connectivity index (χ1n) is 6.78. The lowest BCUT2D eigenvalue weighted by molar-refractivity contribution is -0.142. The third-order valence-electron chi connectivity index (χ3n) is 3.31. The van der Waals surface area contributed by atoms with E-state index in [4.69, 9.17) is 5.11 Å². The molecule has 0 aromatic heterocycles. The number of carboxylic acid groups (broad SMARTS) is 1. The van der Waals surface area contributed by atoms with Gasteiger partial charge >= 0.3 is 12.0 Å². The van der Waals surface area contributed by atoms with Crippen LogP contribution in [0, 0.1) is 17.7 Å². The molecule has 0 aliphatic rings. The molecule has 1 aromatic rings. The van der Waals surface area contributed by atoms with Gasteiger partial charge in [0.2, 0.25) is 0 Å². The maximum absolute atomic E-state index is 13.5. The number of amides is 2. The van der Waals surface area contributed by atoms with Crippen molar-refractivity contribution in [2.45, 2.75) is 20.4 Å². The summed E-state index contributed by atoms with van der Waals surface area (Å²) in [7, 11) is 1.53. The van der Waals surface area contributed by atoms with Gasteiger partial charge in [0.05, 0.1) is 5.92 Å². The van der Waals surface area contributed by atoms with Crippen LogP contribution in [0.3, 0.4) is 0 Å². The highest BCUT2D eigenvalue weighted by molar-refractivity contribution is 5.76. The van der Waals surface area contributed by atoms with Gasteiger partial charge in [-0.05, 0) is 12.0 Å². The molecular formula is C15H21FN2O3. The summed E-state index contributed by atoms with van der Waals surface area (Å²) < 4.78 is 13.5. The van der Waals surface area contributed by atoms with Gasteiger partial charge in [0.1, 0.15) is 5.82 Å². The normalized spacial score (nSPS) is 12.0. The van der Waals surface area contributed by atoms with Crippen LogP contribution in [0.25, 0.3) is 0 Å². The SMILES string of the molecule is CC(C)C(CNC(=O)N(C)Cc1ccccc1F)C(=O)O. The number of carbonyl (C=O) groups excluding carboxylic acids is 1. The smallest absolute Gasteiger partial charge is 0.317 e. The Balaban J connectivity index is 2.55. The molecule has 1 atom stereocenters. The minimum atomic E-state index is -0.943. The summed E-state index contributed by atoms with van der Waals surface area (Å²) in [6, 6.07) is 5.79. The third-order valence-corrected chi connectivity index (χ3v) is 3.31. The molecule has 1 unspecified atom stereocenters. The van der Waals surface area contributed by atoms with E-state index in [0.717, 1.165) is 0 Å². The first-order valence-corrected chi connectivity index (χ1v) is 6.78. The second-order valence-electron chi connectivity index (χ2n) is 5.32. The van der Waals surface area contributed by atoms with Crippen molar-refractivity contribution in [3.63, 3.8) is 0 Å². The molecule has 2 amide bonds. The Kier molecular flexibility index (Phi) is 6.14. The number of halogens is 1. The molecule has 5 nitrogen and oxygen atoms in total. The van der Waals surface area contributed by atoms with E-state index in [1.807, 2.05) is 0 Å². The summed E-state index contributed by atoms with van der Waals surface area (Å²) in [6.07, 6.45) is 0. The molecule has 0 radical (unpaired) electrons. The van der Waals surface area contributed by atoms with E-state index in [0.29, 0.717) is 5.56 Å². The third kappa shape index (κ3) is 5.06. The Labute approximate surface area is 123 Å². The molecule has 1 aromatic carbocycles. The van der Waals surface area contributed by atoms with Crippen molar-refractivity contribution in [3.05, 3.63) is 35.6 Å². The summed E-state index contributed by atoms with van der Waals surface area (Å²) in [5.74, 6) is -2.04. The van der Waals surface area contributed by atoms with Crippen LogP contribution in [0.4, 0.5) is 9.18 Å². The Morgan fingerprint density at radius 1 is 1.33 bits per heavy atom. The predicted octanol–water partition coefficient (Wildman–Crippen LogP) is 2.32. The van der Waals surface area contributed by atoms with Crippen molar-refractivity contribution in [2.24, 2.45) is 11.8 Å². The van der Waals surface area contributed by atoms with Crippen LogP contribution >= 0.6 is 0 Å². The Bertz CT molecular complexity index is 505. The maximum atomic E-state index is 13.5. The van der Waals surface area contributed by atoms with E-state index in [1.54, 1.807) is 32.0 Å². The lowest BCUT2D eigenvalue weighted by Gasteiger charge is -2.21. The summed E-state index contributed by atoms with van der Waals surface area (Å²) in [4.78, 5) is 24.3. The second-order valence-corrected chi connectivity index (χ2v) is 5.32. The average molecular weight is 296 g/mol. The van der Waals surface area contributed by atoms with Gasteiger partial charge in [0, 0.05) is 25.7 Å². The van der Waals surface area contributed by atoms with Crippen molar-refractivity contribution < 1.29 is 19.1 Å². The van der Waals surface area contributed by atoms with Gasteiger partial charge in [-0.3, -0.25) is 4.79 Å². The van der Waals surface area contributed by atoms with Crippen LogP contribution in [0.15, 0.2) is 24.3 Å². The monoisotopic (exact) mass is 296 g/mol. The molecule has 0 saturated heterocycles. The highest BCUT2D eigenvalue weighted by Gasteiger charge is 2.22. The number of hydrogen-bond acceptors (Lipinski definition) is 2. The fourth-order valence-corrected chi connectivity index (χ4v) is 1.89. The minimum absolute atomic E-state index is 0.0491. The number of benzene rings is 1. The first-order chi connectivity index (χ1) is 9.82. The maximum Gasteiger partial charge on any atom is 0.317 e. The summed E-state index contributed by atoms with van der Waals surface area (Å²) in [5.41, 5.74) is 0.411. The number of urea groups is 1. The number of nitrogens with one attached hydrogen (secondary N) is 1. The van der Waals surface area contributed by atoms with Gasteiger partial charge in [-0.2, -0.15) is 0 Å². The fraction of sp³-hybridized carbons (Fsp3) is 0.467. The van der Waals surface area contributed by atoms with Crippen LogP contribution in [0.5, 0.6) is 0 Å². The van der Waals surface area contributed by atoms with E-state index in [2.05, 4.69) is 5.32 Å². The summed E-state index contributed by atoms with van der Waals surface area (Å²) in [5, 5.41) is 11.6. The number of hydrogen-bond donors (Lipinski definition) is 2. The van der Waals surface area contributed by atoms with Crippen molar-refractivity contribution in [1.82, 2.24) is 10.2 Å². The van der Waals surface area contributed by atoms with Crippen molar-refractivity contribution in [3.8, 4) is 0 Å². The van der Waals surface area contributed by atoms with Crippen molar-refractivity contribution in [2.75, 3.05) is 13.6 Å². The lowest BCUT2D eigenvalue weighted by Crippen LogP contribution is -2.42. The molecule has 0 aliphatic heterocycles. The molecule has 6 heteroatoms. The van der Waals surface area contributed by atoms with Crippen molar-refractivity contribution in [1.29, 1.82) is 0 Å². The number of nitrogens with zero attached hydrogens (tertiary/aromatic N) is 1. The molecule has 0 heterocycles. The molecule has 1 rings (SSSR count). The van der Waals surface area contributed by atoms with E-state index in [9.17, 15) is 14.0 Å². The van der Waals surface area contributed by atoms with Crippen molar-refractivity contribution >= 4 is 12.0 Å². The second kappa shape index (κ2) is 7.61. The molecule has 0 aliphatic carbocycles. The molecule has 0 bridgehead atoms. The first kappa shape index (κ1) is 16.9. The highest BCUT2D eigenvalue weighted by Crippen LogP contribution is 2.11.